The molecule has 1 fully saturated rings. The van der Waals surface area contributed by atoms with Crippen LogP contribution in [0.5, 0.6) is 5.75 Å². The molecule has 0 spiro atoms. The highest BCUT2D eigenvalue weighted by atomic mass is 16.7. The smallest absolute Gasteiger partial charge is 0.336 e. The zero-order valence-electron chi connectivity index (χ0n) is 13.0. The first-order valence-corrected chi connectivity index (χ1v) is 7.50. The maximum Gasteiger partial charge on any atom is 0.336 e. The summed E-state index contributed by atoms with van der Waals surface area (Å²) < 4.78 is 16.2. The lowest BCUT2D eigenvalue weighted by Gasteiger charge is -2.40. The normalized spacial score (nSPS) is 30.5. The van der Waals surface area contributed by atoms with Crippen molar-refractivity contribution in [2.24, 2.45) is 5.73 Å². The van der Waals surface area contributed by atoms with Crippen LogP contribution in [-0.2, 0) is 4.74 Å². The highest BCUT2D eigenvalue weighted by Crippen LogP contribution is 2.26. The monoisotopic (exact) mass is 337 g/mol. The van der Waals surface area contributed by atoms with Crippen LogP contribution in [-0.4, -0.2) is 52.6 Å². The Morgan fingerprint density at radius 3 is 2.71 bits per heavy atom. The molecule has 1 aliphatic heterocycles. The van der Waals surface area contributed by atoms with Crippen molar-refractivity contribution in [3.8, 4) is 5.75 Å². The van der Waals surface area contributed by atoms with Crippen LogP contribution in [0, 0.1) is 6.92 Å². The number of hydrogen-bond acceptors (Lipinski definition) is 8. The molecule has 2 aromatic rings. The molecule has 1 aromatic carbocycles. The van der Waals surface area contributed by atoms with Crippen LogP contribution in [0.2, 0.25) is 0 Å². The molecule has 0 radical (unpaired) electrons. The van der Waals surface area contributed by atoms with Crippen LogP contribution in [0.25, 0.3) is 11.0 Å². The second kappa shape index (κ2) is 6.50. The molecule has 1 aromatic heterocycles. The van der Waals surface area contributed by atoms with Gasteiger partial charge in [-0.15, -0.1) is 0 Å². The minimum absolute atomic E-state index is 0.317. The Balaban J connectivity index is 1.87. The van der Waals surface area contributed by atoms with Gasteiger partial charge in [-0.05, 0) is 24.6 Å². The van der Waals surface area contributed by atoms with Gasteiger partial charge in [0.1, 0.15) is 29.6 Å². The number of aliphatic hydroxyl groups excluding tert-OH is 3. The molecular formula is C16H19NO7. The Labute approximate surface area is 137 Å². The highest BCUT2D eigenvalue weighted by Gasteiger charge is 2.43. The largest absolute Gasteiger partial charge is 0.463 e. The molecule has 1 aliphatic rings. The zero-order valence-corrected chi connectivity index (χ0v) is 13.0. The molecule has 2 unspecified atom stereocenters. The van der Waals surface area contributed by atoms with Crippen LogP contribution in [0.15, 0.2) is 33.5 Å². The fourth-order valence-corrected chi connectivity index (χ4v) is 2.72. The molecule has 5 N–H and O–H groups in total. The van der Waals surface area contributed by atoms with Gasteiger partial charge in [-0.1, -0.05) is 0 Å². The second-order valence-electron chi connectivity index (χ2n) is 5.81. The molecule has 3 rings (SSSR count). The van der Waals surface area contributed by atoms with Gasteiger partial charge in [-0.3, -0.25) is 0 Å². The lowest BCUT2D eigenvalue weighted by molar-refractivity contribution is -0.239. The lowest BCUT2D eigenvalue weighted by atomic mass is 9.98. The summed E-state index contributed by atoms with van der Waals surface area (Å²) in [6.45, 7) is 1.31. The van der Waals surface area contributed by atoms with Gasteiger partial charge in [0.25, 0.3) is 0 Å². The Bertz CT molecular complexity index is 788. The van der Waals surface area contributed by atoms with Gasteiger partial charge < -0.3 is 34.9 Å². The number of fused-ring (bicyclic) bond motifs is 1. The first-order valence-electron chi connectivity index (χ1n) is 7.50. The maximum absolute atomic E-state index is 11.5. The predicted octanol–water partition coefficient (Wildman–Crippen LogP) is -0.753. The minimum atomic E-state index is -1.30. The number of rotatable bonds is 3. The molecule has 0 amide bonds. The van der Waals surface area contributed by atoms with Crippen molar-refractivity contribution >= 4 is 11.0 Å². The van der Waals surface area contributed by atoms with Gasteiger partial charge in [0.15, 0.2) is 0 Å². The lowest BCUT2D eigenvalue weighted by Crippen LogP contribution is -2.63. The number of ether oxygens (including phenoxy) is 2. The topological polar surface area (TPSA) is 135 Å². The van der Waals surface area contributed by atoms with Crippen molar-refractivity contribution in [1.29, 1.82) is 0 Å². The van der Waals surface area contributed by atoms with Crippen molar-refractivity contribution in [2.45, 2.75) is 37.6 Å². The zero-order chi connectivity index (χ0) is 17.4. The molecular weight excluding hydrogens is 318 g/mol. The Morgan fingerprint density at radius 1 is 1.25 bits per heavy atom. The molecule has 1 saturated heterocycles. The molecule has 0 aliphatic carbocycles. The van der Waals surface area contributed by atoms with E-state index in [2.05, 4.69) is 0 Å². The Hall–Kier alpha value is -1.97. The molecule has 8 nitrogen and oxygen atoms in total. The molecule has 0 saturated carbocycles. The quantitative estimate of drug-likeness (QED) is 0.537. The standard InChI is InChI=1S/C16H19NO7/c1-7-4-12(19)23-10-5-8(2-3-9(7)10)22-16-13(17)15(21)14(20)11(6-18)24-16/h2-5,11,13-16,18,20-21H,6,17H2,1H3/t11?,13?,14-,15-,16+/m0/s1. The van der Waals surface area contributed by atoms with Crippen LogP contribution in [0.1, 0.15) is 5.56 Å². The van der Waals surface area contributed by atoms with E-state index in [4.69, 9.17) is 19.6 Å². The number of benzene rings is 1. The summed E-state index contributed by atoms with van der Waals surface area (Å²) >= 11 is 0. The summed E-state index contributed by atoms with van der Waals surface area (Å²) in [5.41, 5.74) is 6.48. The van der Waals surface area contributed by atoms with E-state index in [0.29, 0.717) is 11.3 Å². The van der Waals surface area contributed by atoms with Gasteiger partial charge in [0.05, 0.1) is 12.6 Å². The summed E-state index contributed by atoms with van der Waals surface area (Å²) in [6.07, 6.45) is -4.69. The van der Waals surface area contributed by atoms with Crippen molar-refractivity contribution in [2.75, 3.05) is 6.61 Å². The molecule has 130 valence electrons. The molecule has 5 atom stereocenters. The van der Waals surface area contributed by atoms with E-state index in [9.17, 15) is 20.1 Å². The van der Waals surface area contributed by atoms with Crippen molar-refractivity contribution < 1.29 is 29.2 Å². The average molecular weight is 337 g/mol. The SMILES string of the molecule is Cc1cc(=O)oc2cc(O[C@@H]3OC(CO)[C@H](O)[C@@H](O)C3N)ccc12. The van der Waals surface area contributed by atoms with E-state index in [-0.39, 0.29) is 0 Å². The fraction of sp³-hybridized carbons (Fsp3) is 0.438. The fourth-order valence-electron chi connectivity index (χ4n) is 2.72. The molecule has 24 heavy (non-hydrogen) atoms. The number of aliphatic hydroxyl groups is 3. The van der Waals surface area contributed by atoms with E-state index in [1.165, 1.54) is 12.1 Å². The van der Waals surface area contributed by atoms with Crippen LogP contribution >= 0.6 is 0 Å². The summed E-state index contributed by atoms with van der Waals surface area (Å²) in [6, 6.07) is 5.28. The van der Waals surface area contributed by atoms with Gasteiger partial charge in [-0.25, -0.2) is 4.79 Å². The van der Waals surface area contributed by atoms with E-state index in [1.54, 1.807) is 19.1 Å². The average Bonchev–Trinajstić information content (AvgIpc) is 2.55. The van der Waals surface area contributed by atoms with Gasteiger partial charge in [-0.2, -0.15) is 0 Å². The van der Waals surface area contributed by atoms with Crippen molar-refractivity contribution in [1.82, 2.24) is 0 Å². The third-order valence-electron chi connectivity index (χ3n) is 4.10. The molecule has 2 heterocycles. The third kappa shape index (κ3) is 3.02. The summed E-state index contributed by atoms with van der Waals surface area (Å²) in [4.78, 5) is 11.5. The van der Waals surface area contributed by atoms with Crippen LogP contribution in [0.4, 0.5) is 0 Å². The van der Waals surface area contributed by atoms with Crippen molar-refractivity contribution in [3.05, 3.63) is 40.2 Å². The van der Waals surface area contributed by atoms with E-state index in [1.807, 2.05) is 0 Å². The molecule has 0 bridgehead atoms. The number of hydrogen-bond donors (Lipinski definition) is 4. The van der Waals surface area contributed by atoms with Gasteiger partial charge >= 0.3 is 5.63 Å². The number of aryl methyl sites for hydroxylation is 1. The van der Waals surface area contributed by atoms with Crippen molar-refractivity contribution in [3.63, 3.8) is 0 Å². The third-order valence-corrected chi connectivity index (χ3v) is 4.10. The number of nitrogens with two attached hydrogens (primary N) is 1. The second-order valence-corrected chi connectivity index (χ2v) is 5.81. The van der Waals surface area contributed by atoms with Crippen LogP contribution < -0.4 is 16.1 Å². The highest BCUT2D eigenvalue weighted by molar-refractivity contribution is 5.81. The van der Waals surface area contributed by atoms with Crippen LogP contribution in [0.3, 0.4) is 0 Å². The van der Waals surface area contributed by atoms with Gasteiger partial charge in [0.2, 0.25) is 6.29 Å². The van der Waals surface area contributed by atoms with E-state index < -0.39 is 42.9 Å². The van der Waals surface area contributed by atoms with E-state index >= 15 is 0 Å². The Morgan fingerprint density at radius 2 is 2.00 bits per heavy atom. The maximum atomic E-state index is 11.5. The summed E-state index contributed by atoms with van der Waals surface area (Å²) in [7, 11) is 0. The summed E-state index contributed by atoms with van der Waals surface area (Å²) in [5, 5.41) is 29.7. The minimum Gasteiger partial charge on any atom is -0.463 e. The first kappa shape index (κ1) is 16.9. The van der Waals surface area contributed by atoms with E-state index in [0.717, 1.165) is 10.9 Å². The molecule has 8 heteroatoms. The predicted molar refractivity (Wildman–Crippen MR) is 83.6 cm³/mol. The first-order chi connectivity index (χ1) is 11.4. The summed E-state index contributed by atoms with van der Waals surface area (Å²) in [5.74, 6) is 0.317. The Kier molecular flexibility index (Phi) is 4.57. The van der Waals surface area contributed by atoms with Gasteiger partial charge in [0, 0.05) is 17.5 Å².